The molecule has 1 aromatic carbocycles. The van der Waals surface area contributed by atoms with Gasteiger partial charge >= 0.3 is 0 Å². The van der Waals surface area contributed by atoms with Crippen LogP contribution in [0.1, 0.15) is 19.3 Å². The summed E-state index contributed by atoms with van der Waals surface area (Å²) in [6.07, 6.45) is 2.90. The minimum atomic E-state index is -0.0883. The Hall–Kier alpha value is -1.75. The zero-order valence-electron chi connectivity index (χ0n) is 11.7. The van der Waals surface area contributed by atoms with Crippen LogP contribution in [-0.4, -0.2) is 48.8 Å². The molecule has 1 fully saturated rings. The van der Waals surface area contributed by atoms with Gasteiger partial charge in [-0.1, -0.05) is 12.1 Å². The predicted molar refractivity (Wildman–Crippen MR) is 74.9 cm³/mol. The quantitative estimate of drug-likeness (QED) is 0.886. The first-order valence-electron chi connectivity index (χ1n) is 6.92. The molecule has 0 aromatic heterocycles. The molecule has 1 amide bonds. The van der Waals surface area contributed by atoms with Crippen molar-refractivity contribution in [1.82, 2.24) is 4.90 Å². The van der Waals surface area contributed by atoms with Crippen molar-refractivity contribution in [3.8, 4) is 11.5 Å². The van der Waals surface area contributed by atoms with Crippen LogP contribution < -0.4 is 9.47 Å². The fraction of sp³-hybridized carbons (Fsp3) is 0.533. The molecule has 1 aliphatic heterocycles. The van der Waals surface area contributed by atoms with Crippen molar-refractivity contribution in [3.05, 3.63) is 24.3 Å². The number of benzene rings is 1. The number of para-hydroxylation sites is 2. The average Bonchev–Trinajstić information content (AvgIpc) is 2.52. The summed E-state index contributed by atoms with van der Waals surface area (Å²) in [5, 5.41) is 9.32. The lowest BCUT2D eigenvalue weighted by Gasteiger charge is -2.34. The van der Waals surface area contributed by atoms with Crippen LogP contribution in [0.2, 0.25) is 0 Å². The normalized spacial score (nSPS) is 18.7. The molecule has 1 unspecified atom stereocenters. The van der Waals surface area contributed by atoms with Gasteiger partial charge < -0.3 is 19.5 Å². The van der Waals surface area contributed by atoms with Crippen molar-refractivity contribution in [3.63, 3.8) is 0 Å². The Morgan fingerprint density at radius 2 is 2.10 bits per heavy atom. The van der Waals surface area contributed by atoms with E-state index >= 15 is 0 Å². The zero-order chi connectivity index (χ0) is 14.4. The van der Waals surface area contributed by atoms with E-state index in [1.54, 1.807) is 24.1 Å². The topological polar surface area (TPSA) is 59.0 Å². The third-order valence-corrected chi connectivity index (χ3v) is 3.58. The van der Waals surface area contributed by atoms with Crippen molar-refractivity contribution in [2.75, 3.05) is 26.9 Å². The second kappa shape index (κ2) is 7.14. The van der Waals surface area contributed by atoms with E-state index < -0.39 is 0 Å². The van der Waals surface area contributed by atoms with Gasteiger partial charge in [0.25, 0.3) is 5.91 Å². The fourth-order valence-electron chi connectivity index (χ4n) is 2.48. The van der Waals surface area contributed by atoms with Gasteiger partial charge in [0.05, 0.1) is 19.8 Å². The minimum absolute atomic E-state index is 0.0143. The molecule has 0 saturated carbocycles. The summed E-state index contributed by atoms with van der Waals surface area (Å²) >= 11 is 0. The molecule has 0 radical (unpaired) electrons. The molecule has 1 aromatic rings. The van der Waals surface area contributed by atoms with E-state index in [9.17, 15) is 9.90 Å². The van der Waals surface area contributed by atoms with Gasteiger partial charge in [0.15, 0.2) is 18.1 Å². The molecular weight excluding hydrogens is 258 g/mol. The maximum atomic E-state index is 12.2. The van der Waals surface area contributed by atoms with Crippen LogP contribution in [0.5, 0.6) is 11.5 Å². The van der Waals surface area contributed by atoms with Crippen LogP contribution in [0.15, 0.2) is 24.3 Å². The van der Waals surface area contributed by atoms with Crippen LogP contribution in [0.25, 0.3) is 0 Å². The lowest BCUT2D eigenvalue weighted by Crippen LogP contribution is -2.47. The molecule has 1 heterocycles. The largest absolute Gasteiger partial charge is 0.493 e. The number of rotatable bonds is 5. The molecule has 1 aliphatic rings. The molecule has 110 valence electrons. The molecule has 0 bridgehead atoms. The van der Waals surface area contributed by atoms with Gasteiger partial charge in [-0.25, -0.2) is 0 Å². The van der Waals surface area contributed by atoms with Crippen LogP contribution in [0.4, 0.5) is 0 Å². The first kappa shape index (κ1) is 14.7. The Balaban J connectivity index is 1.94. The Bertz CT molecular complexity index is 449. The number of hydrogen-bond donors (Lipinski definition) is 1. The molecule has 0 aliphatic carbocycles. The number of nitrogens with zero attached hydrogens (tertiary/aromatic N) is 1. The molecule has 20 heavy (non-hydrogen) atoms. The summed E-state index contributed by atoms with van der Waals surface area (Å²) in [6.45, 7) is 0.677. The van der Waals surface area contributed by atoms with E-state index in [2.05, 4.69) is 0 Å². The van der Waals surface area contributed by atoms with Gasteiger partial charge in [-0.15, -0.1) is 0 Å². The van der Waals surface area contributed by atoms with E-state index in [0.717, 1.165) is 19.3 Å². The Kier molecular flexibility index (Phi) is 5.24. The molecule has 1 atom stereocenters. The van der Waals surface area contributed by atoms with Gasteiger partial charge in [-0.3, -0.25) is 4.79 Å². The van der Waals surface area contributed by atoms with Crippen molar-refractivity contribution in [2.45, 2.75) is 25.3 Å². The first-order valence-corrected chi connectivity index (χ1v) is 6.92. The second-order valence-electron chi connectivity index (χ2n) is 4.86. The van der Waals surface area contributed by atoms with E-state index in [1.165, 1.54) is 0 Å². The lowest BCUT2D eigenvalue weighted by atomic mass is 10.0. The number of aliphatic hydroxyl groups excluding tert-OH is 1. The number of amides is 1. The van der Waals surface area contributed by atoms with Crippen LogP contribution in [-0.2, 0) is 4.79 Å². The van der Waals surface area contributed by atoms with Crippen LogP contribution in [0.3, 0.4) is 0 Å². The number of methoxy groups -OCH3 is 1. The highest BCUT2D eigenvalue weighted by Crippen LogP contribution is 2.26. The number of ether oxygens (including phenoxy) is 2. The predicted octanol–water partition coefficient (Wildman–Crippen LogP) is 1.45. The third kappa shape index (κ3) is 3.42. The van der Waals surface area contributed by atoms with Gasteiger partial charge in [0.2, 0.25) is 0 Å². The van der Waals surface area contributed by atoms with Crippen LogP contribution >= 0.6 is 0 Å². The number of carbonyl (C=O) groups excluding carboxylic acids is 1. The molecule has 2 rings (SSSR count). The first-order chi connectivity index (χ1) is 9.76. The highest BCUT2D eigenvalue weighted by Gasteiger charge is 2.26. The highest BCUT2D eigenvalue weighted by atomic mass is 16.5. The SMILES string of the molecule is COc1ccccc1OCC(=O)N1CCCCC1CO. The fourth-order valence-corrected chi connectivity index (χ4v) is 2.48. The monoisotopic (exact) mass is 279 g/mol. The summed E-state index contributed by atoms with van der Waals surface area (Å²) in [7, 11) is 1.57. The number of aliphatic hydroxyl groups is 1. The lowest BCUT2D eigenvalue weighted by molar-refractivity contribution is -0.138. The van der Waals surface area contributed by atoms with E-state index in [0.29, 0.717) is 18.0 Å². The van der Waals surface area contributed by atoms with E-state index in [-0.39, 0.29) is 25.2 Å². The van der Waals surface area contributed by atoms with Crippen molar-refractivity contribution in [2.24, 2.45) is 0 Å². The van der Waals surface area contributed by atoms with Gasteiger partial charge in [-0.05, 0) is 31.4 Å². The maximum absolute atomic E-state index is 12.2. The minimum Gasteiger partial charge on any atom is -0.493 e. The van der Waals surface area contributed by atoms with E-state index in [1.807, 2.05) is 12.1 Å². The number of likely N-dealkylation sites (tertiary alicyclic amines) is 1. The van der Waals surface area contributed by atoms with E-state index in [4.69, 9.17) is 9.47 Å². The van der Waals surface area contributed by atoms with Gasteiger partial charge in [0.1, 0.15) is 0 Å². The zero-order valence-corrected chi connectivity index (χ0v) is 11.7. The summed E-state index contributed by atoms with van der Waals surface area (Å²) in [6, 6.07) is 7.17. The smallest absolute Gasteiger partial charge is 0.260 e. The molecule has 5 heteroatoms. The van der Waals surface area contributed by atoms with Crippen LogP contribution in [0, 0.1) is 0 Å². The Labute approximate surface area is 119 Å². The summed E-state index contributed by atoms with van der Waals surface area (Å²) in [4.78, 5) is 13.9. The standard InChI is InChI=1S/C15H21NO4/c1-19-13-7-2-3-8-14(13)20-11-15(18)16-9-5-4-6-12(16)10-17/h2-3,7-8,12,17H,4-6,9-11H2,1H3. The maximum Gasteiger partial charge on any atom is 0.260 e. The van der Waals surface area contributed by atoms with Crippen molar-refractivity contribution < 1.29 is 19.4 Å². The molecule has 1 saturated heterocycles. The third-order valence-electron chi connectivity index (χ3n) is 3.58. The summed E-state index contributed by atoms with van der Waals surface area (Å²) in [5.41, 5.74) is 0. The molecule has 1 N–H and O–H groups in total. The number of hydrogen-bond acceptors (Lipinski definition) is 4. The summed E-state index contributed by atoms with van der Waals surface area (Å²) in [5.74, 6) is 1.08. The summed E-state index contributed by atoms with van der Waals surface area (Å²) < 4.78 is 10.7. The van der Waals surface area contributed by atoms with Gasteiger partial charge in [0, 0.05) is 6.54 Å². The van der Waals surface area contributed by atoms with Crippen molar-refractivity contribution >= 4 is 5.91 Å². The molecule has 0 spiro atoms. The number of piperidine rings is 1. The molecule has 5 nitrogen and oxygen atoms in total. The Morgan fingerprint density at radius 1 is 1.35 bits per heavy atom. The van der Waals surface area contributed by atoms with Crippen molar-refractivity contribution in [1.29, 1.82) is 0 Å². The number of carbonyl (C=O) groups is 1. The second-order valence-corrected chi connectivity index (χ2v) is 4.86. The molecular formula is C15H21NO4. The average molecular weight is 279 g/mol. The highest BCUT2D eigenvalue weighted by molar-refractivity contribution is 5.78. The van der Waals surface area contributed by atoms with Gasteiger partial charge in [-0.2, -0.15) is 0 Å². The Morgan fingerprint density at radius 3 is 2.80 bits per heavy atom.